The first-order valence-corrected chi connectivity index (χ1v) is 5.78. The van der Waals surface area contributed by atoms with E-state index in [1.54, 1.807) is 6.07 Å². The fourth-order valence-electron chi connectivity index (χ4n) is 1.81. The smallest absolute Gasteiger partial charge is 0.120 e. The fourth-order valence-corrected chi connectivity index (χ4v) is 2.35. The van der Waals surface area contributed by atoms with Crippen molar-refractivity contribution in [3.63, 3.8) is 0 Å². The van der Waals surface area contributed by atoms with Crippen molar-refractivity contribution in [2.75, 3.05) is 0 Å². The number of nitrogens with zero attached hydrogens (tertiary/aromatic N) is 2. The normalized spacial score (nSPS) is 12.6. The molecule has 1 aromatic heterocycles. The van der Waals surface area contributed by atoms with Crippen molar-refractivity contribution in [1.29, 1.82) is 5.26 Å². The topological polar surface area (TPSA) is 28.7 Å². The molecule has 0 aliphatic heterocycles. The van der Waals surface area contributed by atoms with Gasteiger partial charge in [0.05, 0.1) is 16.6 Å². The highest BCUT2D eigenvalue weighted by Crippen LogP contribution is 2.30. The SMILES string of the molecule is CCC(C#N)n1ccc2c(Cl)cc(Cl)cc21. The molecule has 0 spiro atoms. The van der Waals surface area contributed by atoms with Crippen LogP contribution in [0.2, 0.25) is 10.0 Å². The quantitative estimate of drug-likeness (QED) is 0.778. The number of hydrogen-bond donors (Lipinski definition) is 0. The van der Waals surface area contributed by atoms with Crippen LogP contribution in [0, 0.1) is 11.3 Å². The Hall–Kier alpha value is -1.17. The minimum atomic E-state index is -0.174. The molecule has 1 atom stereocenters. The molecule has 4 heteroatoms. The van der Waals surface area contributed by atoms with Crippen molar-refractivity contribution in [1.82, 2.24) is 4.57 Å². The molecule has 0 amide bonds. The third kappa shape index (κ3) is 1.77. The van der Waals surface area contributed by atoms with E-state index < -0.39 is 0 Å². The van der Waals surface area contributed by atoms with E-state index in [-0.39, 0.29) is 6.04 Å². The third-order valence-corrected chi connectivity index (χ3v) is 3.15. The zero-order valence-electron chi connectivity index (χ0n) is 8.74. The van der Waals surface area contributed by atoms with E-state index in [9.17, 15) is 0 Å². The number of rotatable bonds is 2. The molecule has 16 heavy (non-hydrogen) atoms. The maximum atomic E-state index is 9.06. The van der Waals surface area contributed by atoms with Crippen molar-refractivity contribution in [2.45, 2.75) is 19.4 Å². The van der Waals surface area contributed by atoms with Crippen LogP contribution in [0.4, 0.5) is 0 Å². The van der Waals surface area contributed by atoms with Crippen LogP contribution < -0.4 is 0 Å². The molecule has 2 rings (SSSR count). The van der Waals surface area contributed by atoms with E-state index in [2.05, 4.69) is 6.07 Å². The molecule has 1 aromatic carbocycles. The van der Waals surface area contributed by atoms with Gasteiger partial charge in [0, 0.05) is 16.6 Å². The molecule has 2 aromatic rings. The lowest BCUT2D eigenvalue weighted by Crippen LogP contribution is -2.03. The molecule has 0 saturated carbocycles. The molecule has 0 aliphatic rings. The Morgan fingerprint density at radius 1 is 1.44 bits per heavy atom. The highest BCUT2D eigenvalue weighted by molar-refractivity contribution is 6.38. The van der Waals surface area contributed by atoms with Crippen molar-refractivity contribution < 1.29 is 0 Å². The summed E-state index contributed by atoms with van der Waals surface area (Å²) in [7, 11) is 0. The number of halogens is 2. The lowest BCUT2D eigenvalue weighted by atomic mass is 10.2. The maximum absolute atomic E-state index is 9.06. The van der Waals surface area contributed by atoms with E-state index in [1.807, 2.05) is 29.8 Å². The van der Waals surface area contributed by atoms with Crippen LogP contribution in [-0.2, 0) is 0 Å². The predicted octanol–water partition coefficient (Wildman–Crippen LogP) is 4.42. The lowest BCUT2D eigenvalue weighted by molar-refractivity contribution is 0.617. The Kier molecular flexibility index (Phi) is 3.09. The van der Waals surface area contributed by atoms with Gasteiger partial charge >= 0.3 is 0 Å². The Morgan fingerprint density at radius 2 is 2.19 bits per heavy atom. The van der Waals surface area contributed by atoms with Crippen LogP contribution in [0.3, 0.4) is 0 Å². The average molecular weight is 253 g/mol. The average Bonchev–Trinajstić information content (AvgIpc) is 2.64. The third-order valence-electron chi connectivity index (χ3n) is 2.62. The number of aromatic nitrogens is 1. The van der Waals surface area contributed by atoms with Gasteiger partial charge in [-0.05, 0) is 24.6 Å². The van der Waals surface area contributed by atoms with Gasteiger partial charge in [-0.25, -0.2) is 0 Å². The number of nitriles is 1. The first kappa shape index (κ1) is 11.3. The van der Waals surface area contributed by atoms with Crippen LogP contribution in [0.15, 0.2) is 24.4 Å². The Labute approximate surface area is 104 Å². The summed E-state index contributed by atoms with van der Waals surface area (Å²) in [5.74, 6) is 0. The molecule has 0 aliphatic carbocycles. The van der Waals surface area contributed by atoms with Gasteiger partial charge in [0.25, 0.3) is 0 Å². The molecule has 0 saturated heterocycles. The summed E-state index contributed by atoms with van der Waals surface area (Å²) < 4.78 is 1.91. The van der Waals surface area contributed by atoms with Gasteiger partial charge in [-0.3, -0.25) is 0 Å². The second-order valence-corrected chi connectivity index (χ2v) is 4.44. The summed E-state index contributed by atoms with van der Waals surface area (Å²) in [6, 6.07) is 7.55. The molecule has 0 N–H and O–H groups in total. The first-order chi connectivity index (χ1) is 7.67. The van der Waals surface area contributed by atoms with Crippen LogP contribution in [0.1, 0.15) is 19.4 Å². The van der Waals surface area contributed by atoms with Crippen molar-refractivity contribution in [2.24, 2.45) is 0 Å². The minimum absolute atomic E-state index is 0.174. The molecule has 1 unspecified atom stereocenters. The van der Waals surface area contributed by atoms with E-state index in [4.69, 9.17) is 28.5 Å². The van der Waals surface area contributed by atoms with Crippen LogP contribution in [-0.4, -0.2) is 4.57 Å². The van der Waals surface area contributed by atoms with Crippen molar-refractivity contribution >= 4 is 34.1 Å². The summed E-state index contributed by atoms with van der Waals surface area (Å²) in [4.78, 5) is 0. The van der Waals surface area contributed by atoms with Gasteiger partial charge in [0.1, 0.15) is 6.04 Å². The van der Waals surface area contributed by atoms with Crippen LogP contribution in [0.5, 0.6) is 0 Å². The molecule has 0 fully saturated rings. The summed E-state index contributed by atoms with van der Waals surface area (Å²) in [5.41, 5.74) is 0.908. The summed E-state index contributed by atoms with van der Waals surface area (Å²) in [6.07, 6.45) is 2.63. The Bertz CT molecular complexity index is 566. The summed E-state index contributed by atoms with van der Waals surface area (Å²) >= 11 is 12.0. The van der Waals surface area contributed by atoms with Crippen LogP contribution >= 0.6 is 23.2 Å². The van der Waals surface area contributed by atoms with Crippen LogP contribution in [0.25, 0.3) is 10.9 Å². The van der Waals surface area contributed by atoms with Gasteiger partial charge in [0.2, 0.25) is 0 Å². The Balaban J connectivity index is 2.69. The maximum Gasteiger partial charge on any atom is 0.120 e. The van der Waals surface area contributed by atoms with E-state index >= 15 is 0 Å². The van der Waals surface area contributed by atoms with Crippen molar-refractivity contribution in [3.05, 3.63) is 34.4 Å². The molecule has 1 heterocycles. The predicted molar refractivity (Wildman–Crippen MR) is 66.9 cm³/mol. The molecule has 0 radical (unpaired) electrons. The summed E-state index contributed by atoms with van der Waals surface area (Å²) in [5, 5.41) is 11.2. The Morgan fingerprint density at radius 3 is 2.81 bits per heavy atom. The molecule has 82 valence electrons. The van der Waals surface area contributed by atoms with Gasteiger partial charge in [-0.15, -0.1) is 0 Å². The first-order valence-electron chi connectivity index (χ1n) is 5.02. The number of fused-ring (bicyclic) bond motifs is 1. The zero-order valence-corrected chi connectivity index (χ0v) is 10.3. The fraction of sp³-hybridized carbons (Fsp3) is 0.250. The molecule has 0 bridgehead atoms. The van der Waals surface area contributed by atoms with Gasteiger partial charge in [-0.1, -0.05) is 30.1 Å². The van der Waals surface area contributed by atoms with E-state index in [0.29, 0.717) is 10.0 Å². The monoisotopic (exact) mass is 252 g/mol. The van der Waals surface area contributed by atoms with Gasteiger partial charge in [-0.2, -0.15) is 5.26 Å². The zero-order chi connectivity index (χ0) is 11.7. The second kappa shape index (κ2) is 4.37. The largest absolute Gasteiger partial charge is 0.331 e. The molecular formula is C12H10Cl2N2. The highest BCUT2D eigenvalue weighted by Gasteiger charge is 2.12. The standard InChI is InChI=1S/C12H10Cl2N2/c1-2-9(7-15)16-4-3-10-11(14)5-8(13)6-12(10)16/h3-6,9H,2H2,1H3. The number of hydrogen-bond acceptors (Lipinski definition) is 1. The van der Waals surface area contributed by atoms with Gasteiger partial charge < -0.3 is 4.57 Å². The molecular weight excluding hydrogens is 243 g/mol. The summed E-state index contributed by atoms with van der Waals surface area (Å²) in [6.45, 7) is 1.98. The second-order valence-electron chi connectivity index (χ2n) is 3.60. The lowest BCUT2D eigenvalue weighted by Gasteiger charge is -2.10. The van der Waals surface area contributed by atoms with E-state index in [1.165, 1.54) is 0 Å². The van der Waals surface area contributed by atoms with Gasteiger partial charge in [0.15, 0.2) is 0 Å². The minimum Gasteiger partial charge on any atom is -0.331 e. The molecule has 2 nitrogen and oxygen atoms in total. The highest BCUT2D eigenvalue weighted by atomic mass is 35.5. The van der Waals surface area contributed by atoms with E-state index in [0.717, 1.165) is 17.3 Å². The number of benzene rings is 1. The van der Waals surface area contributed by atoms with Crippen molar-refractivity contribution in [3.8, 4) is 6.07 Å².